The lowest BCUT2D eigenvalue weighted by atomic mass is 9.88. The van der Waals surface area contributed by atoms with Crippen LogP contribution in [0.25, 0.3) is 22.3 Å². The lowest BCUT2D eigenvalue weighted by Crippen LogP contribution is -2.53. The molecule has 1 atom stereocenters. The van der Waals surface area contributed by atoms with Crippen LogP contribution in [0.3, 0.4) is 0 Å². The number of phenolic OH excluding ortho intramolecular Hbond substituents is 1. The predicted molar refractivity (Wildman–Crippen MR) is 130 cm³/mol. The van der Waals surface area contributed by atoms with Gasteiger partial charge in [0.25, 0.3) is 5.91 Å². The van der Waals surface area contributed by atoms with Crippen molar-refractivity contribution < 1.29 is 22.3 Å². The summed E-state index contributed by atoms with van der Waals surface area (Å²) >= 11 is 0. The summed E-state index contributed by atoms with van der Waals surface area (Å²) in [7, 11) is 0. The number of nitrogens with zero attached hydrogens (tertiary/aromatic N) is 4. The zero-order valence-corrected chi connectivity index (χ0v) is 19.3. The number of aromatic hydroxyl groups is 1. The number of halogens is 1. The van der Waals surface area contributed by atoms with Crippen LogP contribution >= 0.6 is 0 Å². The number of aryl methyl sites for hydroxylation is 1. The highest BCUT2D eigenvalue weighted by Crippen LogP contribution is 2.34. The first-order chi connectivity index (χ1) is 15.6. The van der Waals surface area contributed by atoms with Crippen LogP contribution in [0.2, 0.25) is 0 Å². The number of amides is 1. The van der Waals surface area contributed by atoms with Gasteiger partial charge in [0, 0.05) is 34.4 Å². The summed E-state index contributed by atoms with van der Waals surface area (Å²) in [5, 5.41) is 21.5. The number of aliphatic hydroxyl groups is 1. The van der Waals surface area contributed by atoms with Gasteiger partial charge in [-0.2, -0.15) is 0 Å². The molecule has 0 spiro atoms. The number of aliphatic hydroxyl groups excluding tert-OH is 1. The quantitative estimate of drug-likeness (QED) is 0.619. The van der Waals surface area contributed by atoms with Gasteiger partial charge in [-0.3, -0.25) is 4.79 Å². The van der Waals surface area contributed by atoms with Gasteiger partial charge < -0.3 is 20.0 Å². The molecule has 2 aromatic carbocycles. The lowest BCUT2D eigenvalue weighted by molar-refractivity contribution is -0.146. The third kappa shape index (κ3) is 4.48. The van der Waals surface area contributed by atoms with Crippen LogP contribution < -0.4 is 4.90 Å². The molecule has 33 heavy (non-hydrogen) atoms. The molecule has 0 saturated carbocycles. The summed E-state index contributed by atoms with van der Waals surface area (Å²) in [6, 6.07) is 9.92. The Bertz CT molecular complexity index is 1190. The third-order valence-corrected chi connectivity index (χ3v) is 5.99. The molecule has 0 unspecified atom stereocenters. The van der Waals surface area contributed by atoms with Crippen molar-refractivity contribution in [2.24, 2.45) is 5.41 Å². The van der Waals surface area contributed by atoms with E-state index in [1.807, 2.05) is 50.8 Å². The van der Waals surface area contributed by atoms with E-state index in [4.69, 9.17) is 0 Å². The minimum absolute atomic E-state index is 0. The van der Waals surface area contributed by atoms with Crippen molar-refractivity contribution in [2.75, 3.05) is 31.1 Å². The molecule has 1 amide bonds. The second kappa shape index (κ2) is 8.59. The van der Waals surface area contributed by atoms with E-state index in [2.05, 4.69) is 9.97 Å². The standard InChI is InChI=1S/C25H29FN4O3.2H2/c1-15-8-9-16-18(14-15)27-22(20-17(26)6-5-7-19(20)31)28-23(16)29-10-12-30(13-11-29)24(33)21(32)25(2,3)4;;/h5-9,14,21,31-32H,10-13H2,1-4H3;2*1H/t21-;;/m1../s1. The minimum atomic E-state index is -1.07. The number of piperazine rings is 1. The van der Waals surface area contributed by atoms with E-state index in [0.29, 0.717) is 37.5 Å². The fourth-order valence-electron chi connectivity index (χ4n) is 3.99. The van der Waals surface area contributed by atoms with E-state index in [1.165, 1.54) is 18.2 Å². The average molecular weight is 457 g/mol. The molecule has 2 heterocycles. The fourth-order valence-corrected chi connectivity index (χ4v) is 3.99. The number of carbonyl (C=O) groups is 1. The fraction of sp³-hybridized carbons (Fsp3) is 0.400. The summed E-state index contributed by atoms with van der Waals surface area (Å²) in [6.07, 6.45) is -1.07. The SMILES string of the molecule is Cc1ccc2c(N3CCN(C(=O)[C@@H](O)C(C)(C)C)CC3)nc(-c3c(O)cccc3F)nc2c1.[HH].[HH]. The molecule has 1 fully saturated rings. The molecular formula is C25H33FN4O3. The number of phenols is 1. The smallest absolute Gasteiger partial charge is 0.252 e. The number of hydrogen-bond donors (Lipinski definition) is 2. The van der Waals surface area contributed by atoms with Crippen molar-refractivity contribution in [1.82, 2.24) is 14.9 Å². The largest absolute Gasteiger partial charge is 0.507 e. The third-order valence-electron chi connectivity index (χ3n) is 5.99. The first kappa shape index (κ1) is 22.9. The molecule has 1 saturated heterocycles. The zero-order valence-electron chi connectivity index (χ0n) is 19.3. The number of hydrogen-bond acceptors (Lipinski definition) is 6. The lowest BCUT2D eigenvalue weighted by Gasteiger charge is -2.38. The molecule has 8 heteroatoms. The average Bonchev–Trinajstić information content (AvgIpc) is 2.76. The van der Waals surface area contributed by atoms with Crippen LogP contribution in [0.15, 0.2) is 36.4 Å². The second-order valence-corrected chi connectivity index (χ2v) is 9.61. The molecule has 7 nitrogen and oxygen atoms in total. The van der Waals surface area contributed by atoms with E-state index < -0.39 is 17.3 Å². The Morgan fingerprint density at radius 3 is 2.45 bits per heavy atom. The number of anilines is 1. The van der Waals surface area contributed by atoms with Crippen LogP contribution in [0.1, 0.15) is 29.2 Å². The molecular weight excluding hydrogens is 423 g/mol. The summed E-state index contributed by atoms with van der Waals surface area (Å²) in [5.74, 6) is -0.358. The highest BCUT2D eigenvalue weighted by molar-refractivity contribution is 5.92. The summed E-state index contributed by atoms with van der Waals surface area (Å²) in [6.45, 7) is 9.33. The number of rotatable bonds is 3. The molecule has 3 aromatic rings. The van der Waals surface area contributed by atoms with Gasteiger partial charge in [-0.15, -0.1) is 0 Å². The van der Waals surface area contributed by atoms with E-state index in [-0.39, 0.29) is 25.9 Å². The summed E-state index contributed by atoms with van der Waals surface area (Å²) < 4.78 is 14.6. The van der Waals surface area contributed by atoms with E-state index in [9.17, 15) is 19.4 Å². The van der Waals surface area contributed by atoms with Crippen molar-refractivity contribution in [3.05, 3.63) is 47.8 Å². The van der Waals surface area contributed by atoms with Crippen molar-refractivity contribution in [3.8, 4) is 17.1 Å². The topological polar surface area (TPSA) is 89.8 Å². The molecule has 1 aromatic heterocycles. The van der Waals surface area contributed by atoms with Crippen molar-refractivity contribution in [3.63, 3.8) is 0 Å². The van der Waals surface area contributed by atoms with Gasteiger partial charge in [-0.25, -0.2) is 14.4 Å². The van der Waals surface area contributed by atoms with Gasteiger partial charge in [0.05, 0.1) is 11.1 Å². The highest BCUT2D eigenvalue weighted by atomic mass is 19.1. The molecule has 4 rings (SSSR count). The molecule has 178 valence electrons. The van der Waals surface area contributed by atoms with Crippen molar-refractivity contribution >= 4 is 22.6 Å². The van der Waals surface area contributed by atoms with Crippen molar-refractivity contribution in [1.29, 1.82) is 0 Å². The number of carbonyl (C=O) groups excluding carboxylic acids is 1. The van der Waals surface area contributed by atoms with Crippen LogP contribution in [-0.4, -0.2) is 63.3 Å². The summed E-state index contributed by atoms with van der Waals surface area (Å²) in [4.78, 5) is 25.6. The van der Waals surface area contributed by atoms with Gasteiger partial charge in [-0.05, 0) is 42.2 Å². The van der Waals surface area contributed by atoms with Gasteiger partial charge in [-0.1, -0.05) is 32.9 Å². The number of aromatic nitrogens is 2. The van der Waals surface area contributed by atoms with Crippen LogP contribution in [0.4, 0.5) is 10.2 Å². The monoisotopic (exact) mass is 456 g/mol. The first-order valence-corrected chi connectivity index (χ1v) is 11.0. The molecule has 2 N–H and O–H groups in total. The molecule has 0 aliphatic carbocycles. The number of benzene rings is 2. The van der Waals surface area contributed by atoms with Crippen molar-refractivity contribution in [2.45, 2.75) is 33.8 Å². The Morgan fingerprint density at radius 2 is 1.82 bits per heavy atom. The van der Waals surface area contributed by atoms with E-state index in [0.717, 1.165) is 10.9 Å². The Hall–Kier alpha value is -3.26. The van der Waals surface area contributed by atoms with E-state index >= 15 is 0 Å². The maximum atomic E-state index is 14.6. The van der Waals surface area contributed by atoms with Gasteiger partial charge in [0.15, 0.2) is 5.82 Å². The Morgan fingerprint density at radius 1 is 1.12 bits per heavy atom. The maximum absolute atomic E-state index is 14.6. The van der Waals surface area contributed by atoms with Gasteiger partial charge in [0.2, 0.25) is 0 Å². The Balaban J connectivity index is 0.00000216. The van der Waals surface area contributed by atoms with Gasteiger partial charge in [0.1, 0.15) is 23.5 Å². The molecule has 1 aliphatic heterocycles. The Labute approximate surface area is 195 Å². The predicted octanol–water partition coefficient (Wildman–Crippen LogP) is 4.00. The van der Waals surface area contributed by atoms with Crippen LogP contribution in [0, 0.1) is 18.2 Å². The van der Waals surface area contributed by atoms with Gasteiger partial charge >= 0.3 is 0 Å². The minimum Gasteiger partial charge on any atom is -0.507 e. The molecule has 1 aliphatic rings. The molecule has 0 bridgehead atoms. The van der Waals surface area contributed by atoms with E-state index in [1.54, 1.807) is 4.90 Å². The second-order valence-electron chi connectivity index (χ2n) is 9.61. The zero-order chi connectivity index (χ0) is 23.9. The first-order valence-electron chi connectivity index (χ1n) is 11.0. The summed E-state index contributed by atoms with van der Waals surface area (Å²) in [5.41, 5.74) is 1.08. The molecule has 0 radical (unpaired) electrons. The van der Waals surface area contributed by atoms with Crippen LogP contribution in [-0.2, 0) is 4.79 Å². The highest BCUT2D eigenvalue weighted by Gasteiger charge is 2.34. The maximum Gasteiger partial charge on any atom is 0.252 e. The number of fused-ring (bicyclic) bond motifs is 1. The van der Waals surface area contributed by atoms with Crippen LogP contribution in [0.5, 0.6) is 5.75 Å². The normalized spacial score (nSPS) is 15.7. The Kier molecular flexibility index (Phi) is 5.97.